The van der Waals surface area contributed by atoms with Crippen LogP contribution in [-0.4, -0.2) is 37.1 Å². The average Bonchev–Trinajstić information content (AvgIpc) is 2.21. The smallest absolute Gasteiger partial charge is 0.0220 e. The number of rotatable bonds is 5. The van der Waals surface area contributed by atoms with Crippen LogP contribution >= 0.6 is 0 Å². The zero-order chi connectivity index (χ0) is 11.3. The minimum absolute atomic E-state index is 0.711. The molecule has 3 atom stereocenters. The van der Waals surface area contributed by atoms with E-state index in [1.54, 1.807) is 0 Å². The number of hydrogen-bond acceptors (Lipinski definition) is 2. The van der Waals surface area contributed by atoms with E-state index in [2.05, 4.69) is 38.0 Å². The summed E-state index contributed by atoms with van der Waals surface area (Å²) in [5, 5.41) is 3.66. The fourth-order valence-corrected chi connectivity index (χ4v) is 2.49. The maximum Gasteiger partial charge on any atom is 0.0220 e. The molecule has 0 amide bonds. The molecule has 2 nitrogen and oxygen atoms in total. The van der Waals surface area contributed by atoms with Gasteiger partial charge in [-0.1, -0.05) is 20.3 Å². The maximum atomic E-state index is 3.66. The van der Waals surface area contributed by atoms with Crippen molar-refractivity contribution in [1.29, 1.82) is 0 Å². The first-order valence-corrected chi connectivity index (χ1v) is 6.58. The molecule has 0 aromatic rings. The average molecular weight is 212 g/mol. The van der Waals surface area contributed by atoms with Crippen LogP contribution in [0.1, 0.15) is 46.5 Å². The summed E-state index contributed by atoms with van der Waals surface area (Å²) in [6.07, 6.45) is 5.36. The Morgan fingerprint density at radius 2 is 2.20 bits per heavy atom. The van der Waals surface area contributed by atoms with E-state index in [1.807, 2.05) is 0 Å². The zero-order valence-corrected chi connectivity index (χ0v) is 10.9. The van der Waals surface area contributed by atoms with Crippen LogP contribution in [0.25, 0.3) is 0 Å². The molecule has 0 aromatic heterocycles. The summed E-state index contributed by atoms with van der Waals surface area (Å²) in [5.41, 5.74) is 0. The monoisotopic (exact) mass is 212 g/mol. The van der Waals surface area contributed by atoms with Crippen LogP contribution < -0.4 is 5.32 Å². The SMILES string of the molecule is CCCC(C)N(C)CC1NCCCC1C. The quantitative estimate of drug-likeness (QED) is 0.753. The van der Waals surface area contributed by atoms with Gasteiger partial charge in [0.05, 0.1) is 0 Å². The summed E-state index contributed by atoms with van der Waals surface area (Å²) in [5.74, 6) is 0.843. The summed E-state index contributed by atoms with van der Waals surface area (Å²) in [6, 6.07) is 1.44. The highest BCUT2D eigenvalue weighted by Gasteiger charge is 2.23. The van der Waals surface area contributed by atoms with Gasteiger partial charge >= 0.3 is 0 Å². The van der Waals surface area contributed by atoms with Crippen LogP contribution in [-0.2, 0) is 0 Å². The summed E-state index contributed by atoms with van der Waals surface area (Å²) < 4.78 is 0. The Hall–Kier alpha value is -0.0800. The van der Waals surface area contributed by atoms with Gasteiger partial charge in [-0.3, -0.25) is 0 Å². The van der Waals surface area contributed by atoms with E-state index >= 15 is 0 Å². The lowest BCUT2D eigenvalue weighted by Gasteiger charge is -2.35. The largest absolute Gasteiger partial charge is 0.312 e. The molecule has 3 unspecified atom stereocenters. The number of likely N-dealkylation sites (N-methyl/N-ethyl adjacent to an activating group) is 1. The van der Waals surface area contributed by atoms with E-state index in [9.17, 15) is 0 Å². The molecule has 90 valence electrons. The first-order chi connectivity index (χ1) is 7.15. The van der Waals surface area contributed by atoms with Crippen molar-refractivity contribution in [2.45, 2.75) is 58.5 Å². The first-order valence-electron chi connectivity index (χ1n) is 6.58. The minimum Gasteiger partial charge on any atom is -0.312 e. The highest BCUT2D eigenvalue weighted by atomic mass is 15.2. The maximum absolute atomic E-state index is 3.66. The summed E-state index contributed by atoms with van der Waals surface area (Å²) >= 11 is 0. The van der Waals surface area contributed by atoms with Crippen molar-refractivity contribution < 1.29 is 0 Å². The van der Waals surface area contributed by atoms with Gasteiger partial charge in [-0.2, -0.15) is 0 Å². The fourth-order valence-electron chi connectivity index (χ4n) is 2.49. The van der Waals surface area contributed by atoms with E-state index < -0.39 is 0 Å². The van der Waals surface area contributed by atoms with E-state index in [-0.39, 0.29) is 0 Å². The van der Waals surface area contributed by atoms with Gasteiger partial charge in [-0.05, 0) is 45.7 Å². The van der Waals surface area contributed by atoms with E-state index in [1.165, 1.54) is 38.8 Å². The van der Waals surface area contributed by atoms with Gasteiger partial charge in [0.2, 0.25) is 0 Å². The van der Waals surface area contributed by atoms with Gasteiger partial charge in [-0.25, -0.2) is 0 Å². The standard InChI is InChI=1S/C13H28N2/c1-5-7-12(3)15(4)10-13-11(2)8-6-9-14-13/h11-14H,5-10H2,1-4H3. The zero-order valence-electron chi connectivity index (χ0n) is 10.9. The Morgan fingerprint density at radius 1 is 1.47 bits per heavy atom. The van der Waals surface area contributed by atoms with Crippen molar-refractivity contribution in [3.8, 4) is 0 Å². The second kappa shape index (κ2) is 6.49. The Labute approximate surface area is 95.4 Å². The van der Waals surface area contributed by atoms with E-state index in [0.29, 0.717) is 6.04 Å². The summed E-state index contributed by atoms with van der Waals surface area (Å²) in [7, 11) is 2.27. The van der Waals surface area contributed by atoms with Crippen LogP contribution in [0.2, 0.25) is 0 Å². The van der Waals surface area contributed by atoms with Gasteiger partial charge < -0.3 is 10.2 Å². The van der Waals surface area contributed by atoms with Crippen molar-refractivity contribution >= 4 is 0 Å². The number of nitrogens with one attached hydrogen (secondary N) is 1. The van der Waals surface area contributed by atoms with Crippen molar-refractivity contribution in [3.05, 3.63) is 0 Å². The molecule has 1 rings (SSSR count). The van der Waals surface area contributed by atoms with Gasteiger partial charge in [0.1, 0.15) is 0 Å². The minimum atomic E-state index is 0.711. The molecule has 0 aliphatic carbocycles. The molecule has 15 heavy (non-hydrogen) atoms. The van der Waals surface area contributed by atoms with E-state index in [0.717, 1.165) is 12.0 Å². The molecule has 0 saturated carbocycles. The molecule has 1 N–H and O–H groups in total. The highest BCUT2D eigenvalue weighted by molar-refractivity contribution is 4.81. The van der Waals surface area contributed by atoms with Crippen LogP contribution in [0, 0.1) is 5.92 Å². The fraction of sp³-hybridized carbons (Fsp3) is 1.00. The summed E-state index contributed by atoms with van der Waals surface area (Å²) in [6.45, 7) is 9.42. The Balaban J connectivity index is 2.32. The van der Waals surface area contributed by atoms with Crippen molar-refractivity contribution in [2.75, 3.05) is 20.1 Å². The molecule has 1 fully saturated rings. The Morgan fingerprint density at radius 3 is 2.80 bits per heavy atom. The van der Waals surface area contributed by atoms with Gasteiger partial charge in [-0.15, -0.1) is 0 Å². The third kappa shape index (κ3) is 4.12. The number of piperidine rings is 1. The highest BCUT2D eigenvalue weighted by Crippen LogP contribution is 2.17. The van der Waals surface area contributed by atoms with Gasteiger partial charge in [0.25, 0.3) is 0 Å². The molecule has 1 aliphatic rings. The molecule has 0 bridgehead atoms. The van der Waals surface area contributed by atoms with Crippen LogP contribution in [0.3, 0.4) is 0 Å². The molecule has 1 heterocycles. The molecular formula is C13H28N2. The molecule has 1 aliphatic heterocycles. The third-order valence-electron chi connectivity index (χ3n) is 3.87. The van der Waals surface area contributed by atoms with Gasteiger partial charge in [0, 0.05) is 18.6 Å². The normalized spacial score (nSPS) is 29.4. The number of nitrogens with zero attached hydrogens (tertiary/aromatic N) is 1. The van der Waals surface area contributed by atoms with Crippen LogP contribution in [0.15, 0.2) is 0 Å². The summed E-state index contributed by atoms with van der Waals surface area (Å²) in [4.78, 5) is 2.52. The van der Waals surface area contributed by atoms with Crippen LogP contribution in [0.4, 0.5) is 0 Å². The van der Waals surface area contributed by atoms with Crippen molar-refractivity contribution in [1.82, 2.24) is 10.2 Å². The molecule has 0 aromatic carbocycles. The second-order valence-corrected chi connectivity index (χ2v) is 5.26. The Kier molecular flexibility index (Phi) is 5.62. The topological polar surface area (TPSA) is 15.3 Å². The lowest BCUT2D eigenvalue weighted by atomic mass is 9.92. The predicted octanol–water partition coefficient (Wildman–Crippen LogP) is 2.49. The molecular weight excluding hydrogens is 184 g/mol. The predicted molar refractivity (Wildman–Crippen MR) is 67.2 cm³/mol. The lowest BCUT2D eigenvalue weighted by Crippen LogP contribution is -2.48. The van der Waals surface area contributed by atoms with E-state index in [4.69, 9.17) is 0 Å². The molecule has 1 saturated heterocycles. The Bertz CT molecular complexity index is 170. The molecule has 0 spiro atoms. The molecule has 0 radical (unpaired) electrons. The second-order valence-electron chi connectivity index (χ2n) is 5.26. The molecule has 2 heteroatoms. The van der Waals surface area contributed by atoms with Gasteiger partial charge in [0.15, 0.2) is 0 Å². The third-order valence-corrected chi connectivity index (χ3v) is 3.87. The van der Waals surface area contributed by atoms with Crippen molar-refractivity contribution in [3.63, 3.8) is 0 Å². The number of hydrogen-bond donors (Lipinski definition) is 1. The van der Waals surface area contributed by atoms with Crippen LogP contribution in [0.5, 0.6) is 0 Å². The lowest BCUT2D eigenvalue weighted by molar-refractivity contribution is 0.176. The first kappa shape index (κ1) is 13.0. The van der Waals surface area contributed by atoms with Crippen molar-refractivity contribution in [2.24, 2.45) is 5.92 Å².